The van der Waals surface area contributed by atoms with Crippen molar-refractivity contribution >= 4 is 0 Å². The highest BCUT2D eigenvalue weighted by Crippen LogP contribution is 2.44. The Kier molecular flexibility index (Phi) is 11.2. The highest BCUT2D eigenvalue weighted by atomic mass is 16.5. The SMILES string of the molecule is CC(N)CC(C)(C)OCC(C)C(C)(C)C(C)(C)OCC(C)(C)C(C)(C)OCC(C)C(C)(C)N. The van der Waals surface area contributed by atoms with Crippen LogP contribution in [0.3, 0.4) is 0 Å². The minimum absolute atomic E-state index is 0.101. The third-order valence-corrected chi connectivity index (χ3v) is 8.71. The first-order valence-corrected chi connectivity index (χ1v) is 12.8. The summed E-state index contributed by atoms with van der Waals surface area (Å²) >= 11 is 0. The van der Waals surface area contributed by atoms with Crippen LogP contribution in [0.5, 0.6) is 0 Å². The van der Waals surface area contributed by atoms with Crippen LogP contribution in [0.1, 0.15) is 110 Å². The predicted octanol–water partition coefficient (Wildman–Crippen LogP) is 6.17. The molecule has 5 heteroatoms. The van der Waals surface area contributed by atoms with E-state index in [1.807, 2.05) is 6.92 Å². The molecular formula is C28H60N2O3. The lowest BCUT2D eigenvalue weighted by Crippen LogP contribution is -2.52. The highest BCUT2D eigenvalue weighted by Gasteiger charge is 2.46. The van der Waals surface area contributed by atoms with Crippen molar-refractivity contribution in [3.05, 3.63) is 0 Å². The van der Waals surface area contributed by atoms with E-state index in [1.165, 1.54) is 0 Å². The molecule has 0 aliphatic heterocycles. The predicted molar refractivity (Wildman–Crippen MR) is 143 cm³/mol. The summed E-state index contributed by atoms with van der Waals surface area (Å²) in [5.74, 6) is 0.566. The number of rotatable bonds is 15. The van der Waals surface area contributed by atoms with Gasteiger partial charge in [-0.2, -0.15) is 0 Å². The molecule has 0 rings (SSSR count). The lowest BCUT2D eigenvalue weighted by Gasteiger charge is -2.49. The van der Waals surface area contributed by atoms with Gasteiger partial charge in [-0.15, -0.1) is 0 Å². The van der Waals surface area contributed by atoms with Crippen LogP contribution in [0, 0.1) is 22.7 Å². The second kappa shape index (κ2) is 11.2. The van der Waals surface area contributed by atoms with Gasteiger partial charge in [0.1, 0.15) is 0 Å². The van der Waals surface area contributed by atoms with Crippen molar-refractivity contribution in [2.45, 2.75) is 139 Å². The molecule has 3 unspecified atom stereocenters. The fourth-order valence-corrected chi connectivity index (χ4v) is 3.45. The van der Waals surface area contributed by atoms with Gasteiger partial charge in [-0.3, -0.25) is 0 Å². The smallest absolute Gasteiger partial charge is 0.0699 e. The molecule has 0 radical (unpaired) electrons. The van der Waals surface area contributed by atoms with Gasteiger partial charge in [0.2, 0.25) is 0 Å². The van der Waals surface area contributed by atoms with Gasteiger partial charge in [0.05, 0.1) is 36.6 Å². The van der Waals surface area contributed by atoms with E-state index in [-0.39, 0.29) is 45.1 Å². The Morgan fingerprint density at radius 1 is 0.636 bits per heavy atom. The molecule has 0 saturated carbocycles. The first kappa shape index (κ1) is 32.8. The van der Waals surface area contributed by atoms with Gasteiger partial charge in [0.15, 0.2) is 0 Å². The summed E-state index contributed by atoms with van der Waals surface area (Å²) in [6, 6.07) is 0.120. The van der Waals surface area contributed by atoms with Crippen LogP contribution in [0.4, 0.5) is 0 Å². The molecular weight excluding hydrogens is 412 g/mol. The zero-order chi connectivity index (χ0) is 26.7. The van der Waals surface area contributed by atoms with E-state index in [4.69, 9.17) is 25.7 Å². The zero-order valence-electron chi connectivity index (χ0n) is 24.9. The minimum atomic E-state index is -0.357. The molecule has 33 heavy (non-hydrogen) atoms. The van der Waals surface area contributed by atoms with Crippen molar-refractivity contribution < 1.29 is 14.2 Å². The van der Waals surface area contributed by atoms with Crippen molar-refractivity contribution in [2.24, 2.45) is 34.1 Å². The van der Waals surface area contributed by atoms with E-state index in [9.17, 15) is 0 Å². The van der Waals surface area contributed by atoms with Gasteiger partial charge < -0.3 is 25.7 Å². The normalized spacial score (nSPS) is 17.7. The third kappa shape index (κ3) is 9.76. The van der Waals surface area contributed by atoms with E-state index in [0.29, 0.717) is 25.7 Å². The summed E-state index contributed by atoms with van der Waals surface area (Å²) in [7, 11) is 0. The molecule has 0 fully saturated rings. The maximum atomic E-state index is 6.66. The van der Waals surface area contributed by atoms with Crippen LogP contribution in [-0.4, -0.2) is 48.2 Å². The summed E-state index contributed by atoms with van der Waals surface area (Å²) in [6.07, 6.45) is 0.837. The first-order chi connectivity index (χ1) is 14.4. The van der Waals surface area contributed by atoms with Gasteiger partial charge in [0.25, 0.3) is 0 Å². The number of hydrogen-bond acceptors (Lipinski definition) is 5. The van der Waals surface area contributed by atoms with Crippen LogP contribution in [0.15, 0.2) is 0 Å². The van der Waals surface area contributed by atoms with Crippen LogP contribution in [-0.2, 0) is 14.2 Å². The minimum Gasteiger partial charge on any atom is -0.375 e. The summed E-state index contributed by atoms with van der Waals surface area (Å²) in [4.78, 5) is 0. The molecule has 0 aromatic carbocycles. The van der Waals surface area contributed by atoms with Crippen molar-refractivity contribution in [3.8, 4) is 0 Å². The standard InChI is InChI=1S/C28H60N2O3/c1-20(17-31-24(6,7)16-22(3)29)25(8,9)28(14,15)33-19-23(4,5)27(12,13)32-18-21(2)26(10,11)30/h20-22H,16-19,29-30H2,1-15H3. The van der Waals surface area contributed by atoms with Crippen LogP contribution in [0.2, 0.25) is 0 Å². The number of hydrogen-bond donors (Lipinski definition) is 2. The number of ether oxygens (including phenoxy) is 3. The van der Waals surface area contributed by atoms with E-state index in [1.54, 1.807) is 0 Å². The van der Waals surface area contributed by atoms with Crippen molar-refractivity contribution in [3.63, 3.8) is 0 Å². The Labute approximate surface area is 207 Å². The molecule has 0 aromatic heterocycles. The summed E-state index contributed by atoms with van der Waals surface area (Å²) in [5, 5.41) is 0. The monoisotopic (exact) mass is 472 g/mol. The van der Waals surface area contributed by atoms with E-state index < -0.39 is 0 Å². The first-order valence-electron chi connectivity index (χ1n) is 12.8. The Hall–Kier alpha value is -0.200. The van der Waals surface area contributed by atoms with Crippen molar-refractivity contribution in [1.29, 1.82) is 0 Å². The number of nitrogens with two attached hydrogens (primary N) is 2. The molecule has 4 N–H and O–H groups in total. The van der Waals surface area contributed by atoms with Crippen LogP contribution in [0.25, 0.3) is 0 Å². The molecule has 200 valence electrons. The van der Waals surface area contributed by atoms with Gasteiger partial charge >= 0.3 is 0 Å². The third-order valence-electron chi connectivity index (χ3n) is 8.71. The quantitative estimate of drug-likeness (QED) is 0.298. The van der Waals surface area contributed by atoms with Gasteiger partial charge in [-0.1, -0.05) is 41.5 Å². The Morgan fingerprint density at radius 3 is 1.52 bits per heavy atom. The molecule has 5 nitrogen and oxygen atoms in total. The highest BCUT2D eigenvalue weighted by molar-refractivity contribution is 4.95. The molecule has 0 saturated heterocycles. The Balaban J connectivity index is 5.17. The molecule has 0 heterocycles. The van der Waals surface area contributed by atoms with Crippen LogP contribution < -0.4 is 11.5 Å². The molecule has 0 aliphatic carbocycles. The summed E-state index contributed by atoms with van der Waals surface area (Å²) < 4.78 is 19.4. The van der Waals surface area contributed by atoms with Gasteiger partial charge in [-0.25, -0.2) is 0 Å². The lowest BCUT2D eigenvalue weighted by atomic mass is 9.68. The Bertz CT molecular complexity index is 586. The second-order valence-electron chi connectivity index (χ2n) is 14.1. The van der Waals surface area contributed by atoms with E-state index >= 15 is 0 Å². The van der Waals surface area contributed by atoms with E-state index in [2.05, 4.69) is 96.9 Å². The largest absolute Gasteiger partial charge is 0.375 e. The zero-order valence-corrected chi connectivity index (χ0v) is 24.9. The maximum Gasteiger partial charge on any atom is 0.0699 e. The Morgan fingerprint density at radius 2 is 1.09 bits per heavy atom. The average Bonchev–Trinajstić information content (AvgIpc) is 2.60. The van der Waals surface area contributed by atoms with E-state index in [0.717, 1.165) is 6.42 Å². The van der Waals surface area contributed by atoms with Crippen molar-refractivity contribution in [1.82, 2.24) is 0 Å². The molecule has 0 aromatic rings. The molecule has 0 aliphatic rings. The average molecular weight is 473 g/mol. The summed E-state index contributed by atoms with van der Waals surface area (Å²) in [6.45, 7) is 34.3. The second-order valence-corrected chi connectivity index (χ2v) is 14.1. The van der Waals surface area contributed by atoms with Crippen LogP contribution >= 0.6 is 0 Å². The molecule has 0 bridgehead atoms. The van der Waals surface area contributed by atoms with Gasteiger partial charge in [0, 0.05) is 17.0 Å². The lowest BCUT2D eigenvalue weighted by molar-refractivity contribution is -0.189. The van der Waals surface area contributed by atoms with Gasteiger partial charge in [-0.05, 0) is 86.0 Å². The topological polar surface area (TPSA) is 79.7 Å². The molecule has 3 atom stereocenters. The fraction of sp³-hybridized carbons (Fsp3) is 1.00. The maximum absolute atomic E-state index is 6.66. The summed E-state index contributed by atoms with van der Waals surface area (Å²) in [5.41, 5.74) is 10.8. The fourth-order valence-electron chi connectivity index (χ4n) is 3.45. The molecule has 0 amide bonds. The molecule has 0 spiro atoms. The van der Waals surface area contributed by atoms with Crippen molar-refractivity contribution in [2.75, 3.05) is 19.8 Å².